The van der Waals surface area contributed by atoms with Gasteiger partial charge in [0.15, 0.2) is 16.4 Å². The molecule has 1 amide bonds. The van der Waals surface area contributed by atoms with Crippen molar-refractivity contribution in [2.75, 3.05) is 44.3 Å². The molecule has 0 aromatic heterocycles. The summed E-state index contributed by atoms with van der Waals surface area (Å²) in [4.78, 5) is 16.2. The molecule has 2 saturated heterocycles. The first-order valence-corrected chi connectivity index (χ1v) is 10.7. The smallest absolute Gasteiger partial charge is 0.260 e. The maximum atomic E-state index is 12.3. The van der Waals surface area contributed by atoms with Crippen molar-refractivity contribution >= 4 is 38.9 Å². The number of benzene rings is 1. The molecule has 0 aliphatic carbocycles. The molecule has 1 atom stereocenters. The van der Waals surface area contributed by atoms with Crippen LogP contribution in [0.25, 0.3) is 0 Å². The maximum Gasteiger partial charge on any atom is 0.260 e. The number of rotatable bonds is 4. The van der Waals surface area contributed by atoms with Crippen LogP contribution in [0.5, 0.6) is 5.75 Å². The van der Waals surface area contributed by atoms with Crippen molar-refractivity contribution in [3.63, 3.8) is 0 Å². The first-order chi connectivity index (χ1) is 11.9. The molecule has 1 aromatic rings. The van der Waals surface area contributed by atoms with Crippen LogP contribution in [0.4, 0.5) is 0 Å². The molecular formula is C16H20Cl2N2O4S. The molecule has 0 radical (unpaired) electrons. The zero-order valence-corrected chi connectivity index (χ0v) is 16.0. The Morgan fingerprint density at radius 2 is 1.92 bits per heavy atom. The number of carbonyl (C=O) groups excluding carboxylic acids is 1. The highest BCUT2D eigenvalue weighted by Gasteiger charge is 2.34. The molecule has 138 valence electrons. The van der Waals surface area contributed by atoms with Gasteiger partial charge in [-0.15, -0.1) is 0 Å². The highest BCUT2D eigenvalue weighted by atomic mass is 35.5. The maximum absolute atomic E-state index is 12.3. The molecule has 0 unspecified atom stereocenters. The van der Waals surface area contributed by atoms with Gasteiger partial charge in [-0.2, -0.15) is 0 Å². The molecule has 3 rings (SSSR count). The largest absolute Gasteiger partial charge is 0.482 e. The minimum atomic E-state index is -2.89. The summed E-state index contributed by atoms with van der Waals surface area (Å²) in [5, 5.41) is 0.677. The van der Waals surface area contributed by atoms with Crippen molar-refractivity contribution in [1.82, 2.24) is 9.80 Å². The van der Waals surface area contributed by atoms with E-state index in [-0.39, 0.29) is 30.1 Å². The van der Waals surface area contributed by atoms with Gasteiger partial charge < -0.3 is 9.64 Å². The third-order valence-electron chi connectivity index (χ3n) is 4.66. The molecule has 2 heterocycles. The lowest BCUT2D eigenvalue weighted by Gasteiger charge is -2.37. The molecular weight excluding hydrogens is 387 g/mol. The van der Waals surface area contributed by atoms with Gasteiger partial charge in [-0.25, -0.2) is 8.42 Å². The van der Waals surface area contributed by atoms with Gasteiger partial charge in [0.2, 0.25) is 0 Å². The van der Waals surface area contributed by atoms with Crippen molar-refractivity contribution in [3.8, 4) is 5.75 Å². The molecule has 0 bridgehead atoms. The summed E-state index contributed by atoms with van der Waals surface area (Å²) in [6, 6.07) is 5.12. The lowest BCUT2D eigenvalue weighted by molar-refractivity contribution is -0.135. The summed E-state index contributed by atoms with van der Waals surface area (Å²) >= 11 is 12.0. The lowest BCUT2D eigenvalue weighted by atomic mass is 10.2. The Labute approximate surface area is 157 Å². The Hall–Kier alpha value is -1.02. The fourth-order valence-corrected chi connectivity index (χ4v) is 5.33. The zero-order chi connectivity index (χ0) is 18.0. The number of piperazine rings is 1. The second-order valence-electron chi connectivity index (χ2n) is 6.31. The van der Waals surface area contributed by atoms with Gasteiger partial charge in [0, 0.05) is 32.2 Å². The van der Waals surface area contributed by atoms with Gasteiger partial charge >= 0.3 is 0 Å². The van der Waals surface area contributed by atoms with Crippen molar-refractivity contribution in [3.05, 3.63) is 28.2 Å². The van der Waals surface area contributed by atoms with Gasteiger partial charge in [-0.1, -0.05) is 29.3 Å². The van der Waals surface area contributed by atoms with Crippen LogP contribution in [-0.2, 0) is 14.6 Å². The number of sulfone groups is 1. The predicted octanol–water partition coefficient (Wildman–Crippen LogP) is 1.70. The Balaban J connectivity index is 1.48. The summed E-state index contributed by atoms with van der Waals surface area (Å²) in [7, 11) is -2.89. The van der Waals surface area contributed by atoms with E-state index in [1.807, 2.05) is 0 Å². The van der Waals surface area contributed by atoms with E-state index in [1.165, 1.54) is 0 Å². The molecule has 0 N–H and O–H groups in total. The molecule has 2 aliphatic rings. The molecule has 0 saturated carbocycles. The average Bonchev–Trinajstić information content (AvgIpc) is 2.96. The van der Waals surface area contributed by atoms with Crippen LogP contribution in [0.1, 0.15) is 6.42 Å². The van der Waals surface area contributed by atoms with E-state index in [9.17, 15) is 13.2 Å². The van der Waals surface area contributed by atoms with Gasteiger partial charge in [0.1, 0.15) is 10.8 Å². The summed E-state index contributed by atoms with van der Waals surface area (Å²) in [6.45, 7) is 2.41. The van der Waals surface area contributed by atoms with E-state index >= 15 is 0 Å². The van der Waals surface area contributed by atoms with E-state index in [4.69, 9.17) is 27.9 Å². The van der Waals surface area contributed by atoms with Crippen molar-refractivity contribution in [2.24, 2.45) is 0 Å². The van der Waals surface area contributed by atoms with Crippen LogP contribution in [0, 0.1) is 0 Å². The van der Waals surface area contributed by atoms with E-state index < -0.39 is 9.84 Å². The summed E-state index contributed by atoms with van der Waals surface area (Å²) < 4.78 is 28.7. The molecule has 25 heavy (non-hydrogen) atoms. The third-order valence-corrected chi connectivity index (χ3v) is 7.21. The number of hydrogen-bond acceptors (Lipinski definition) is 5. The number of ether oxygens (including phenoxy) is 1. The fourth-order valence-electron chi connectivity index (χ4n) is 3.23. The molecule has 6 nitrogen and oxygen atoms in total. The summed E-state index contributed by atoms with van der Waals surface area (Å²) in [6.07, 6.45) is 0.687. The number of amides is 1. The monoisotopic (exact) mass is 406 g/mol. The van der Waals surface area contributed by atoms with Crippen LogP contribution >= 0.6 is 23.2 Å². The molecule has 2 fully saturated rings. The second-order valence-corrected chi connectivity index (χ2v) is 9.33. The van der Waals surface area contributed by atoms with Gasteiger partial charge in [0.25, 0.3) is 5.91 Å². The zero-order valence-electron chi connectivity index (χ0n) is 13.7. The minimum absolute atomic E-state index is 0.0868. The van der Waals surface area contributed by atoms with Crippen molar-refractivity contribution < 1.29 is 17.9 Å². The summed E-state index contributed by atoms with van der Waals surface area (Å²) in [5.41, 5.74) is 0. The van der Waals surface area contributed by atoms with Crippen LogP contribution in [0.15, 0.2) is 18.2 Å². The number of carbonyl (C=O) groups is 1. The quantitative estimate of drug-likeness (QED) is 0.760. The standard InChI is InChI=1S/C16H20Cl2N2O4S/c17-13-2-1-3-14(16(13)18)24-10-15(21)20-7-5-19(6-8-20)12-4-9-25(22,23)11-12/h1-3,12H,4-11H2/t12-/m0/s1. The SMILES string of the molecule is O=C(COc1cccc(Cl)c1Cl)N1CCN([C@H]2CCS(=O)(=O)C2)CC1. The van der Waals surface area contributed by atoms with E-state index in [2.05, 4.69) is 4.90 Å². The second kappa shape index (κ2) is 7.70. The predicted molar refractivity (Wildman–Crippen MR) is 97.2 cm³/mol. The van der Waals surface area contributed by atoms with Crippen LogP contribution < -0.4 is 4.74 Å². The number of halogens is 2. The van der Waals surface area contributed by atoms with E-state index in [0.29, 0.717) is 48.4 Å². The third kappa shape index (κ3) is 4.58. The topological polar surface area (TPSA) is 66.9 Å². The normalized spacial score (nSPS) is 23.6. The highest BCUT2D eigenvalue weighted by molar-refractivity contribution is 7.91. The molecule has 1 aromatic carbocycles. The molecule has 9 heteroatoms. The first kappa shape index (κ1) is 18.8. The highest BCUT2D eigenvalue weighted by Crippen LogP contribution is 2.31. The lowest BCUT2D eigenvalue weighted by Crippen LogP contribution is -2.53. The van der Waals surface area contributed by atoms with Crippen molar-refractivity contribution in [2.45, 2.75) is 12.5 Å². The van der Waals surface area contributed by atoms with E-state index in [1.54, 1.807) is 23.1 Å². The first-order valence-electron chi connectivity index (χ1n) is 8.15. The number of hydrogen-bond donors (Lipinski definition) is 0. The summed E-state index contributed by atoms with van der Waals surface area (Å²) in [5.74, 6) is 0.773. The Bertz CT molecular complexity index is 749. The molecule has 0 spiro atoms. The minimum Gasteiger partial charge on any atom is -0.482 e. The molecule has 2 aliphatic heterocycles. The van der Waals surface area contributed by atoms with Gasteiger partial charge in [-0.3, -0.25) is 9.69 Å². The van der Waals surface area contributed by atoms with Gasteiger partial charge in [-0.05, 0) is 18.6 Å². The Kier molecular flexibility index (Phi) is 5.78. The van der Waals surface area contributed by atoms with Gasteiger partial charge in [0.05, 0.1) is 16.5 Å². The van der Waals surface area contributed by atoms with Crippen LogP contribution in [0.2, 0.25) is 10.0 Å². The number of nitrogens with zero attached hydrogens (tertiary/aromatic N) is 2. The van der Waals surface area contributed by atoms with Crippen molar-refractivity contribution in [1.29, 1.82) is 0 Å². The fraction of sp³-hybridized carbons (Fsp3) is 0.562. The Morgan fingerprint density at radius 1 is 1.20 bits per heavy atom. The van der Waals surface area contributed by atoms with Crippen LogP contribution in [-0.4, -0.2) is 74.5 Å². The van der Waals surface area contributed by atoms with Crippen LogP contribution in [0.3, 0.4) is 0 Å². The van der Waals surface area contributed by atoms with E-state index in [0.717, 1.165) is 0 Å². The average molecular weight is 407 g/mol. The Morgan fingerprint density at radius 3 is 2.56 bits per heavy atom.